The summed E-state index contributed by atoms with van der Waals surface area (Å²) in [5.74, 6) is -0.182. The van der Waals surface area contributed by atoms with Crippen LogP contribution in [0, 0.1) is 5.41 Å². The van der Waals surface area contributed by atoms with Gasteiger partial charge in [-0.05, 0) is 98.1 Å². The Bertz CT molecular complexity index is 1610. The minimum absolute atomic E-state index is 0.182. The van der Waals surface area contributed by atoms with Gasteiger partial charge in [0, 0.05) is 0 Å². The van der Waals surface area contributed by atoms with E-state index in [-0.39, 0.29) is 11.2 Å². The number of aliphatic hydroxyl groups excluding tert-OH is 4. The van der Waals surface area contributed by atoms with Gasteiger partial charge in [-0.3, -0.25) is 4.79 Å². The first-order chi connectivity index (χ1) is 25.1. The molecule has 2 aliphatic rings. The molecule has 8 nitrogen and oxygen atoms in total. The van der Waals surface area contributed by atoms with Crippen LogP contribution in [-0.2, 0) is 14.3 Å². The Morgan fingerprint density at radius 3 is 1.80 bits per heavy atom. The summed E-state index contributed by atoms with van der Waals surface area (Å²) in [6.45, 7) is 20.9. The lowest BCUT2D eigenvalue weighted by Gasteiger charge is -2.42. The molecule has 1 heterocycles. The Hall–Kier alpha value is -3.47. The molecule has 2 rings (SSSR count). The molecule has 0 amide bonds. The smallest absolute Gasteiger partial charge is 0.187 e. The number of ether oxygens (including phenoxy) is 2. The topological polar surface area (TPSA) is 137 Å². The summed E-state index contributed by atoms with van der Waals surface area (Å²) in [7, 11) is 0. The zero-order valence-electron chi connectivity index (χ0n) is 34.3. The Morgan fingerprint density at radius 1 is 0.796 bits per heavy atom. The van der Waals surface area contributed by atoms with Gasteiger partial charge in [0.05, 0.1) is 17.8 Å². The molecule has 1 aliphatic heterocycles. The van der Waals surface area contributed by atoms with E-state index < -0.39 is 48.5 Å². The number of ketones is 1. The summed E-state index contributed by atoms with van der Waals surface area (Å²) in [6.07, 6.45) is 24.4. The van der Waals surface area contributed by atoms with E-state index in [2.05, 4.69) is 26.0 Å². The van der Waals surface area contributed by atoms with Gasteiger partial charge in [-0.1, -0.05) is 133 Å². The van der Waals surface area contributed by atoms with E-state index in [1.807, 2.05) is 114 Å². The van der Waals surface area contributed by atoms with Crippen LogP contribution in [0.5, 0.6) is 0 Å². The van der Waals surface area contributed by atoms with E-state index in [1.165, 1.54) is 0 Å². The highest BCUT2D eigenvalue weighted by molar-refractivity contribution is 6.00. The molecule has 7 unspecified atom stereocenters. The molecule has 1 fully saturated rings. The van der Waals surface area contributed by atoms with Crippen molar-refractivity contribution < 1.29 is 39.8 Å². The Kier molecular flexibility index (Phi) is 18.7. The third-order valence-corrected chi connectivity index (χ3v) is 9.72. The zero-order chi connectivity index (χ0) is 40.8. The van der Waals surface area contributed by atoms with Crippen molar-refractivity contribution in [1.82, 2.24) is 0 Å². The number of hydrogen-bond donors (Lipinski definition) is 5. The molecule has 1 saturated heterocycles. The van der Waals surface area contributed by atoms with Crippen LogP contribution >= 0.6 is 0 Å². The van der Waals surface area contributed by atoms with Crippen molar-refractivity contribution >= 4 is 5.78 Å². The van der Waals surface area contributed by atoms with E-state index in [0.717, 1.165) is 33.4 Å². The highest BCUT2D eigenvalue weighted by atomic mass is 16.7. The van der Waals surface area contributed by atoms with Gasteiger partial charge in [-0.15, -0.1) is 0 Å². The SMILES string of the molecule is CC(C=CC=C(C)C=CC=C(C)CCC(OC1OC(C)C(O)C(O)C1O)C(C)(C)O)=CC=CC=C(C)C=CC=C(C)C=CC1=C(C)C(=O)C(O)CC1(C)C. The van der Waals surface area contributed by atoms with Gasteiger partial charge >= 0.3 is 0 Å². The summed E-state index contributed by atoms with van der Waals surface area (Å²) < 4.78 is 11.5. The average Bonchev–Trinajstić information content (AvgIpc) is 3.07. The first-order valence-electron chi connectivity index (χ1n) is 18.9. The Labute approximate surface area is 324 Å². The Balaban J connectivity index is 1.87. The van der Waals surface area contributed by atoms with Crippen molar-refractivity contribution in [2.24, 2.45) is 5.41 Å². The maximum atomic E-state index is 12.3. The molecule has 0 spiro atoms. The molecule has 298 valence electrons. The number of Topliss-reactive ketones (excluding diaryl/α,β-unsaturated/α-hetero) is 1. The van der Waals surface area contributed by atoms with Crippen LogP contribution in [0.2, 0.25) is 0 Å². The fraction of sp³-hybridized carbons (Fsp3) is 0.500. The van der Waals surface area contributed by atoms with Gasteiger partial charge in [0.25, 0.3) is 0 Å². The number of hydrogen-bond acceptors (Lipinski definition) is 8. The second-order valence-corrected chi connectivity index (χ2v) is 16.0. The Morgan fingerprint density at radius 2 is 1.28 bits per heavy atom. The van der Waals surface area contributed by atoms with E-state index in [4.69, 9.17) is 9.47 Å². The third-order valence-electron chi connectivity index (χ3n) is 9.72. The quantitative estimate of drug-likeness (QED) is 0.101. The number of carbonyl (C=O) groups excluding carboxylic acids is 1. The summed E-state index contributed by atoms with van der Waals surface area (Å²) in [5.41, 5.74) is 5.59. The highest BCUT2D eigenvalue weighted by Crippen LogP contribution is 2.39. The van der Waals surface area contributed by atoms with Crippen molar-refractivity contribution in [1.29, 1.82) is 0 Å². The van der Waals surface area contributed by atoms with E-state index in [9.17, 15) is 30.3 Å². The summed E-state index contributed by atoms with van der Waals surface area (Å²) in [5, 5.41) is 51.2. The van der Waals surface area contributed by atoms with Gasteiger partial charge in [0.2, 0.25) is 0 Å². The summed E-state index contributed by atoms with van der Waals surface area (Å²) >= 11 is 0. The van der Waals surface area contributed by atoms with Gasteiger partial charge < -0.3 is 35.0 Å². The lowest BCUT2D eigenvalue weighted by molar-refractivity contribution is -0.315. The minimum Gasteiger partial charge on any atom is -0.388 e. The predicted octanol–water partition coefficient (Wildman–Crippen LogP) is 7.94. The number of rotatable bonds is 16. The molecule has 0 aromatic heterocycles. The lowest BCUT2D eigenvalue weighted by atomic mass is 9.71. The predicted molar refractivity (Wildman–Crippen MR) is 219 cm³/mol. The molecule has 7 atom stereocenters. The summed E-state index contributed by atoms with van der Waals surface area (Å²) in [4.78, 5) is 12.3. The van der Waals surface area contributed by atoms with Gasteiger partial charge in [0.1, 0.15) is 24.4 Å². The molecular weight excluding hydrogens is 680 g/mol. The van der Waals surface area contributed by atoms with Gasteiger partial charge in [0.15, 0.2) is 12.1 Å². The van der Waals surface area contributed by atoms with Gasteiger partial charge in [-0.2, -0.15) is 0 Å². The van der Waals surface area contributed by atoms with Crippen LogP contribution in [0.1, 0.15) is 95.4 Å². The minimum atomic E-state index is -1.43. The molecule has 8 heteroatoms. The molecule has 0 aromatic carbocycles. The standard InChI is InChI=1S/C46H66O8/c1-30(17-12-13-18-31(2)20-15-23-33(4)25-27-37-35(6)40(48)38(47)29-45(37,8)9)19-14-21-32(3)22-16-24-34(5)26-28-39(46(10,11)52)54-44-43(51)42(50)41(49)36(7)53-44/h12-25,27,36,38-39,41-44,47,49-52H,26,28-29H2,1-11H3. The second kappa shape index (κ2) is 21.6. The van der Waals surface area contributed by atoms with Gasteiger partial charge in [-0.25, -0.2) is 0 Å². The van der Waals surface area contributed by atoms with Crippen LogP contribution in [0.25, 0.3) is 0 Å². The van der Waals surface area contributed by atoms with Crippen LogP contribution in [0.4, 0.5) is 0 Å². The van der Waals surface area contributed by atoms with E-state index >= 15 is 0 Å². The zero-order valence-corrected chi connectivity index (χ0v) is 34.3. The van der Waals surface area contributed by atoms with E-state index in [0.29, 0.717) is 24.8 Å². The second-order valence-electron chi connectivity index (χ2n) is 16.0. The molecule has 0 radical (unpaired) electrons. The summed E-state index contributed by atoms with van der Waals surface area (Å²) in [6, 6.07) is 0. The third kappa shape index (κ3) is 15.3. The van der Waals surface area contributed by atoms with Crippen LogP contribution < -0.4 is 0 Å². The lowest BCUT2D eigenvalue weighted by Crippen LogP contribution is -2.59. The first-order valence-corrected chi connectivity index (χ1v) is 18.9. The first kappa shape index (κ1) is 46.7. The fourth-order valence-corrected chi connectivity index (χ4v) is 6.16. The van der Waals surface area contributed by atoms with Crippen LogP contribution in [0.3, 0.4) is 0 Å². The van der Waals surface area contributed by atoms with Crippen molar-refractivity contribution in [3.05, 3.63) is 130 Å². The fourth-order valence-electron chi connectivity index (χ4n) is 6.16. The monoisotopic (exact) mass is 746 g/mol. The largest absolute Gasteiger partial charge is 0.388 e. The maximum Gasteiger partial charge on any atom is 0.187 e. The van der Waals surface area contributed by atoms with Crippen LogP contribution in [-0.4, -0.2) is 79.8 Å². The van der Waals surface area contributed by atoms with Crippen molar-refractivity contribution in [2.45, 2.75) is 144 Å². The number of carbonyl (C=O) groups is 1. The maximum absolute atomic E-state index is 12.3. The molecule has 0 aromatic rings. The highest BCUT2D eigenvalue weighted by Gasteiger charge is 2.44. The van der Waals surface area contributed by atoms with Crippen LogP contribution in [0.15, 0.2) is 130 Å². The number of allylic oxidation sites excluding steroid dienone is 21. The normalized spacial score (nSPS) is 27.9. The molecule has 0 saturated carbocycles. The molecule has 0 bridgehead atoms. The molecule has 5 N–H and O–H groups in total. The molecule has 1 aliphatic carbocycles. The number of aliphatic hydroxyl groups is 5. The van der Waals surface area contributed by atoms with E-state index in [1.54, 1.807) is 27.7 Å². The van der Waals surface area contributed by atoms with Crippen molar-refractivity contribution in [3.63, 3.8) is 0 Å². The molecule has 54 heavy (non-hydrogen) atoms. The van der Waals surface area contributed by atoms with Crippen molar-refractivity contribution in [3.8, 4) is 0 Å². The molecular formula is C46H66O8. The average molecular weight is 747 g/mol. The van der Waals surface area contributed by atoms with Crippen molar-refractivity contribution in [2.75, 3.05) is 0 Å².